The molecule has 0 atom stereocenters. The molecule has 1 heterocycles. The number of carbonyl (C=O) groups excluding carboxylic acids is 1. The lowest BCUT2D eigenvalue weighted by atomic mass is 10.1. The minimum absolute atomic E-state index is 0.0832. The van der Waals surface area contributed by atoms with Gasteiger partial charge in [-0.25, -0.2) is 8.42 Å². The lowest BCUT2D eigenvalue weighted by Gasteiger charge is -2.19. The van der Waals surface area contributed by atoms with Crippen LogP contribution in [0.1, 0.15) is 16.7 Å². The number of amides is 1. The first kappa shape index (κ1) is 21.4. The smallest absolute Gasteiger partial charge is 0.235 e. The van der Waals surface area contributed by atoms with Crippen molar-refractivity contribution in [2.45, 2.75) is 24.4 Å². The maximum Gasteiger partial charge on any atom is 0.235 e. The van der Waals surface area contributed by atoms with E-state index in [9.17, 15) is 13.2 Å². The Balaban J connectivity index is 1.30. The topological polar surface area (TPSA) is 66.5 Å². The summed E-state index contributed by atoms with van der Waals surface area (Å²) in [6, 6.07) is 22.3. The van der Waals surface area contributed by atoms with Gasteiger partial charge in [-0.05, 0) is 53.4 Å². The van der Waals surface area contributed by atoms with Gasteiger partial charge in [-0.3, -0.25) is 4.79 Å². The number of hydrogen-bond acceptors (Lipinski definition) is 4. The number of para-hydroxylation sites is 1. The summed E-state index contributed by atoms with van der Waals surface area (Å²) in [6.07, 6.45) is 1.07. The van der Waals surface area contributed by atoms with Crippen LogP contribution in [0.4, 0.5) is 5.69 Å². The summed E-state index contributed by atoms with van der Waals surface area (Å²) < 4.78 is 24.7. The molecular formula is C24H23ClN2O3S. The number of anilines is 1. The average molecular weight is 455 g/mol. The van der Waals surface area contributed by atoms with Gasteiger partial charge in [-0.2, -0.15) is 0 Å². The monoisotopic (exact) mass is 454 g/mol. The second kappa shape index (κ2) is 9.12. The Morgan fingerprint density at radius 3 is 2.35 bits per heavy atom. The number of hydrogen-bond donors (Lipinski definition) is 1. The zero-order valence-corrected chi connectivity index (χ0v) is 18.5. The van der Waals surface area contributed by atoms with Gasteiger partial charge in [0.15, 0.2) is 9.84 Å². The van der Waals surface area contributed by atoms with Crippen molar-refractivity contribution in [3.05, 3.63) is 94.5 Å². The largest absolute Gasteiger partial charge is 0.367 e. The fraction of sp³-hybridized carbons (Fsp3) is 0.208. The summed E-state index contributed by atoms with van der Waals surface area (Å²) in [5.74, 6) is -1.13. The molecule has 1 aliphatic rings. The molecule has 3 aromatic rings. The summed E-state index contributed by atoms with van der Waals surface area (Å²) in [5, 5.41) is 3.13. The van der Waals surface area contributed by atoms with Crippen LogP contribution in [-0.4, -0.2) is 26.6 Å². The van der Waals surface area contributed by atoms with Gasteiger partial charge in [0, 0.05) is 30.3 Å². The maximum absolute atomic E-state index is 12.4. The summed E-state index contributed by atoms with van der Waals surface area (Å²) in [6.45, 7) is 2.13. The molecule has 0 aromatic heterocycles. The van der Waals surface area contributed by atoms with Crippen molar-refractivity contribution >= 4 is 33.0 Å². The Labute approximate surface area is 187 Å². The van der Waals surface area contributed by atoms with Gasteiger partial charge < -0.3 is 10.2 Å². The van der Waals surface area contributed by atoms with Crippen molar-refractivity contribution in [2.75, 3.05) is 17.2 Å². The summed E-state index contributed by atoms with van der Waals surface area (Å²) in [4.78, 5) is 14.6. The molecule has 5 nitrogen and oxygen atoms in total. The van der Waals surface area contributed by atoms with Gasteiger partial charge in [0.05, 0.1) is 4.90 Å². The van der Waals surface area contributed by atoms with Gasteiger partial charge >= 0.3 is 0 Å². The molecule has 4 rings (SSSR count). The number of rotatable bonds is 7. The maximum atomic E-state index is 12.4. The molecule has 0 saturated heterocycles. The summed E-state index contributed by atoms with van der Waals surface area (Å²) in [7, 11) is -3.70. The standard InChI is InChI=1S/C24H23ClN2O3S/c25-21-9-11-22(12-10-21)31(29,30)17-24(28)26-15-18-5-7-19(8-6-18)16-27-14-13-20-3-1-2-4-23(20)27/h1-12H,13-17H2,(H,26,28). The fourth-order valence-corrected chi connectivity index (χ4v) is 4.99. The van der Waals surface area contributed by atoms with E-state index in [1.807, 2.05) is 24.3 Å². The van der Waals surface area contributed by atoms with E-state index in [1.165, 1.54) is 41.1 Å². The molecule has 1 aliphatic heterocycles. The van der Waals surface area contributed by atoms with Crippen LogP contribution in [0.5, 0.6) is 0 Å². The molecule has 0 saturated carbocycles. The Hall–Kier alpha value is -2.83. The van der Waals surface area contributed by atoms with E-state index in [2.05, 4.69) is 34.5 Å². The molecule has 7 heteroatoms. The van der Waals surface area contributed by atoms with Crippen LogP contribution in [0.15, 0.2) is 77.7 Å². The van der Waals surface area contributed by atoms with Crippen molar-refractivity contribution in [1.29, 1.82) is 0 Å². The molecule has 0 fully saturated rings. The van der Waals surface area contributed by atoms with Crippen LogP contribution in [0.25, 0.3) is 0 Å². The fourth-order valence-electron chi connectivity index (χ4n) is 3.70. The van der Waals surface area contributed by atoms with E-state index in [0.29, 0.717) is 5.02 Å². The highest BCUT2D eigenvalue weighted by atomic mass is 35.5. The predicted octanol–water partition coefficient (Wildman–Crippen LogP) is 3.99. The zero-order valence-electron chi connectivity index (χ0n) is 16.9. The van der Waals surface area contributed by atoms with Crippen LogP contribution in [0.2, 0.25) is 5.02 Å². The molecule has 3 aromatic carbocycles. The molecule has 1 amide bonds. The Morgan fingerprint density at radius 2 is 1.61 bits per heavy atom. The third-order valence-corrected chi connectivity index (χ3v) is 7.25. The summed E-state index contributed by atoms with van der Waals surface area (Å²) in [5.41, 5.74) is 4.79. The number of sulfone groups is 1. The van der Waals surface area contributed by atoms with Gasteiger partial charge in [-0.1, -0.05) is 54.1 Å². The first-order valence-electron chi connectivity index (χ1n) is 10.1. The molecule has 0 aliphatic carbocycles. The molecule has 0 spiro atoms. The van der Waals surface area contributed by atoms with E-state index >= 15 is 0 Å². The number of fused-ring (bicyclic) bond motifs is 1. The number of nitrogens with zero attached hydrogens (tertiary/aromatic N) is 1. The van der Waals surface area contributed by atoms with E-state index in [-0.39, 0.29) is 11.4 Å². The van der Waals surface area contributed by atoms with Crippen molar-refractivity contribution in [3.63, 3.8) is 0 Å². The van der Waals surface area contributed by atoms with Crippen LogP contribution in [0.3, 0.4) is 0 Å². The van der Waals surface area contributed by atoms with Crippen LogP contribution in [-0.2, 0) is 34.1 Å². The third kappa shape index (κ3) is 5.27. The van der Waals surface area contributed by atoms with Gasteiger partial charge in [0.1, 0.15) is 5.75 Å². The second-order valence-corrected chi connectivity index (χ2v) is 10.0. The summed E-state index contributed by atoms with van der Waals surface area (Å²) >= 11 is 5.79. The molecule has 1 N–H and O–H groups in total. The predicted molar refractivity (Wildman–Crippen MR) is 123 cm³/mol. The third-order valence-electron chi connectivity index (χ3n) is 5.36. The van der Waals surface area contributed by atoms with Gasteiger partial charge in [0.2, 0.25) is 5.91 Å². The molecule has 160 valence electrons. The minimum Gasteiger partial charge on any atom is -0.367 e. The van der Waals surface area contributed by atoms with Crippen LogP contribution in [0, 0.1) is 0 Å². The number of halogens is 1. The molecular weight excluding hydrogens is 432 g/mol. The van der Waals surface area contributed by atoms with E-state index in [1.54, 1.807) is 0 Å². The molecule has 0 bridgehead atoms. The number of benzene rings is 3. The Bertz CT molecular complexity index is 1180. The average Bonchev–Trinajstić information content (AvgIpc) is 3.16. The molecule has 0 radical (unpaired) electrons. The lowest BCUT2D eigenvalue weighted by Crippen LogP contribution is -2.29. The van der Waals surface area contributed by atoms with Crippen molar-refractivity contribution in [2.24, 2.45) is 0 Å². The van der Waals surface area contributed by atoms with Crippen molar-refractivity contribution in [3.8, 4) is 0 Å². The Morgan fingerprint density at radius 1 is 0.935 bits per heavy atom. The number of carbonyl (C=O) groups is 1. The van der Waals surface area contributed by atoms with Gasteiger partial charge in [0.25, 0.3) is 0 Å². The first-order chi connectivity index (χ1) is 14.9. The van der Waals surface area contributed by atoms with Crippen molar-refractivity contribution < 1.29 is 13.2 Å². The lowest BCUT2D eigenvalue weighted by molar-refractivity contribution is -0.118. The normalized spacial score (nSPS) is 13.1. The molecule has 0 unspecified atom stereocenters. The van der Waals surface area contributed by atoms with Crippen LogP contribution >= 0.6 is 11.6 Å². The highest BCUT2D eigenvalue weighted by Crippen LogP contribution is 2.28. The molecule has 31 heavy (non-hydrogen) atoms. The SMILES string of the molecule is O=C(CS(=O)(=O)c1ccc(Cl)cc1)NCc1ccc(CN2CCc3ccccc32)cc1. The van der Waals surface area contributed by atoms with E-state index < -0.39 is 21.5 Å². The minimum atomic E-state index is -3.70. The van der Waals surface area contributed by atoms with Crippen LogP contribution < -0.4 is 10.2 Å². The van der Waals surface area contributed by atoms with E-state index in [4.69, 9.17) is 11.6 Å². The zero-order chi connectivity index (χ0) is 21.8. The van der Waals surface area contributed by atoms with Crippen molar-refractivity contribution in [1.82, 2.24) is 5.32 Å². The second-order valence-electron chi connectivity index (χ2n) is 7.61. The Kier molecular flexibility index (Phi) is 6.30. The highest BCUT2D eigenvalue weighted by Gasteiger charge is 2.20. The van der Waals surface area contributed by atoms with Gasteiger partial charge in [-0.15, -0.1) is 0 Å². The number of nitrogens with one attached hydrogen (secondary N) is 1. The van der Waals surface area contributed by atoms with E-state index in [0.717, 1.165) is 25.1 Å². The highest BCUT2D eigenvalue weighted by molar-refractivity contribution is 7.92. The first-order valence-corrected chi connectivity index (χ1v) is 12.1. The quantitative estimate of drug-likeness (QED) is 0.586.